The van der Waals surface area contributed by atoms with Crippen LogP contribution in [0.5, 0.6) is 0 Å². The van der Waals surface area contributed by atoms with Gasteiger partial charge in [0.15, 0.2) is 5.16 Å². The molecule has 0 fully saturated rings. The predicted molar refractivity (Wildman–Crippen MR) is 98.6 cm³/mol. The lowest BCUT2D eigenvalue weighted by molar-refractivity contribution is -0.145. The molecule has 1 aromatic rings. The van der Waals surface area contributed by atoms with Gasteiger partial charge in [-0.2, -0.15) is 11.8 Å². The van der Waals surface area contributed by atoms with Crippen molar-refractivity contribution >= 4 is 35.4 Å². The second-order valence-electron chi connectivity index (χ2n) is 5.28. The number of nitrogens with zero attached hydrogens (tertiary/aromatic N) is 2. The van der Waals surface area contributed by atoms with Crippen molar-refractivity contribution in [2.24, 2.45) is 0 Å². The van der Waals surface area contributed by atoms with Crippen molar-refractivity contribution in [3.05, 3.63) is 17.0 Å². The maximum Gasteiger partial charge on any atom is 0.328 e. The van der Waals surface area contributed by atoms with E-state index >= 15 is 0 Å². The van der Waals surface area contributed by atoms with Crippen LogP contribution in [0.3, 0.4) is 0 Å². The Kier molecular flexibility index (Phi) is 9.13. The van der Waals surface area contributed by atoms with Gasteiger partial charge in [-0.25, -0.2) is 14.8 Å². The second-order valence-corrected chi connectivity index (χ2v) is 7.04. The topological polar surface area (TPSA) is 81.2 Å². The van der Waals surface area contributed by atoms with Crippen LogP contribution in [0.4, 0.5) is 0 Å². The number of esters is 1. The predicted octanol–water partition coefficient (Wildman–Crippen LogP) is 2.16. The quantitative estimate of drug-likeness (QED) is 0.405. The van der Waals surface area contributed by atoms with Crippen LogP contribution >= 0.6 is 23.5 Å². The lowest BCUT2D eigenvalue weighted by Gasteiger charge is -2.16. The summed E-state index contributed by atoms with van der Waals surface area (Å²) in [5, 5.41) is 3.50. The van der Waals surface area contributed by atoms with Crippen LogP contribution in [-0.4, -0.2) is 53.3 Å². The zero-order chi connectivity index (χ0) is 18.1. The summed E-state index contributed by atoms with van der Waals surface area (Å²) in [6.07, 6.45) is 5.29. The molecule has 24 heavy (non-hydrogen) atoms. The molecular formula is C16H25N3O3S2. The molecule has 0 radical (unpaired) electrons. The number of rotatable bonds is 9. The summed E-state index contributed by atoms with van der Waals surface area (Å²) < 4.78 is 4.75. The van der Waals surface area contributed by atoms with Gasteiger partial charge in [-0.15, -0.1) is 0 Å². The Morgan fingerprint density at radius 2 is 1.83 bits per heavy atom. The fourth-order valence-electron chi connectivity index (χ4n) is 2.29. The van der Waals surface area contributed by atoms with Crippen molar-refractivity contribution in [2.75, 3.05) is 25.4 Å². The minimum absolute atomic E-state index is 0.167. The van der Waals surface area contributed by atoms with E-state index in [0.717, 1.165) is 27.9 Å². The van der Waals surface area contributed by atoms with Crippen LogP contribution in [0.25, 0.3) is 0 Å². The Morgan fingerprint density at radius 3 is 2.33 bits per heavy atom. The van der Waals surface area contributed by atoms with E-state index in [1.54, 1.807) is 11.8 Å². The number of aryl methyl sites for hydroxylation is 2. The number of ether oxygens (including phenoxy) is 1. The van der Waals surface area contributed by atoms with E-state index in [1.165, 1.54) is 18.9 Å². The van der Waals surface area contributed by atoms with Crippen molar-refractivity contribution in [3.63, 3.8) is 0 Å². The van der Waals surface area contributed by atoms with Gasteiger partial charge in [0, 0.05) is 17.8 Å². The van der Waals surface area contributed by atoms with Crippen LogP contribution in [0.15, 0.2) is 5.16 Å². The van der Waals surface area contributed by atoms with Gasteiger partial charge in [0.25, 0.3) is 0 Å². The number of amides is 1. The van der Waals surface area contributed by atoms with E-state index in [2.05, 4.69) is 15.3 Å². The molecule has 0 aliphatic heterocycles. The Morgan fingerprint density at radius 1 is 1.21 bits per heavy atom. The molecule has 0 aliphatic carbocycles. The minimum atomic E-state index is -0.590. The Balaban J connectivity index is 2.66. The molecule has 1 rings (SSSR count). The first-order valence-corrected chi connectivity index (χ1v) is 10.3. The number of carbonyl (C=O) groups is 2. The molecular weight excluding hydrogens is 346 g/mol. The Hall–Kier alpha value is -1.28. The van der Waals surface area contributed by atoms with Gasteiger partial charge in [-0.3, -0.25) is 4.79 Å². The van der Waals surface area contributed by atoms with E-state index < -0.39 is 12.0 Å². The first kappa shape index (κ1) is 20.8. The number of thioether (sulfide) groups is 2. The molecule has 0 spiro atoms. The van der Waals surface area contributed by atoms with Crippen molar-refractivity contribution in [1.29, 1.82) is 0 Å². The lowest BCUT2D eigenvalue weighted by Crippen LogP contribution is -2.42. The van der Waals surface area contributed by atoms with Gasteiger partial charge in [-0.1, -0.05) is 11.8 Å². The van der Waals surface area contributed by atoms with Gasteiger partial charge in [0.05, 0.1) is 7.11 Å². The molecule has 1 N–H and O–H groups in total. The fraction of sp³-hybridized carbons (Fsp3) is 0.625. The average molecular weight is 372 g/mol. The first-order valence-electron chi connectivity index (χ1n) is 7.67. The highest BCUT2D eigenvalue weighted by Crippen LogP contribution is 2.17. The molecule has 0 unspecified atom stereocenters. The summed E-state index contributed by atoms with van der Waals surface area (Å²) in [6, 6.07) is -0.590. The van der Waals surface area contributed by atoms with E-state index in [9.17, 15) is 9.59 Å². The normalized spacial score (nSPS) is 11.9. The molecule has 1 heterocycles. The van der Waals surface area contributed by atoms with E-state index in [0.29, 0.717) is 12.8 Å². The van der Waals surface area contributed by atoms with Gasteiger partial charge in [-0.05, 0) is 50.5 Å². The van der Waals surface area contributed by atoms with Crippen LogP contribution in [0.2, 0.25) is 0 Å². The van der Waals surface area contributed by atoms with Crippen LogP contribution in [0.1, 0.15) is 29.8 Å². The third-order valence-electron chi connectivity index (χ3n) is 3.62. The Labute approximate surface area is 151 Å². The smallest absolute Gasteiger partial charge is 0.328 e. The molecule has 6 nitrogen and oxygen atoms in total. The summed E-state index contributed by atoms with van der Waals surface area (Å²) in [6.45, 7) is 3.86. The molecule has 134 valence electrons. The first-order chi connectivity index (χ1) is 11.4. The van der Waals surface area contributed by atoms with Crippen LogP contribution in [-0.2, 0) is 20.7 Å². The van der Waals surface area contributed by atoms with Gasteiger partial charge < -0.3 is 10.1 Å². The standard InChI is InChI=1S/C16H25N3O3S2/c1-10-12(11(2)18-16(17-10)24-5)6-7-14(20)19-13(8-9-23-4)15(21)22-3/h13H,6-9H2,1-5H3,(H,19,20)/t13-/m0/s1. The monoisotopic (exact) mass is 371 g/mol. The number of hydrogen-bond donors (Lipinski definition) is 1. The van der Waals surface area contributed by atoms with Crippen molar-refractivity contribution in [1.82, 2.24) is 15.3 Å². The number of aromatic nitrogens is 2. The summed E-state index contributed by atoms with van der Waals surface area (Å²) in [5.74, 6) is 0.207. The molecule has 0 aromatic carbocycles. The third kappa shape index (κ3) is 6.32. The van der Waals surface area contributed by atoms with Gasteiger partial charge >= 0.3 is 5.97 Å². The molecule has 0 bridgehead atoms. The molecule has 8 heteroatoms. The van der Waals surface area contributed by atoms with E-state index in [4.69, 9.17) is 4.74 Å². The average Bonchev–Trinajstić information content (AvgIpc) is 2.56. The lowest BCUT2D eigenvalue weighted by atomic mass is 10.1. The SMILES string of the molecule is COC(=O)[C@H](CCSC)NC(=O)CCc1c(C)nc(SC)nc1C. The summed E-state index contributed by atoms with van der Waals surface area (Å²) in [5.41, 5.74) is 2.78. The fourth-order valence-corrected chi connectivity index (χ4v) is 3.22. The van der Waals surface area contributed by atoms with Crippen LogP contribution < -0.4 is 5.32 Å². The van der Waals surface area contributed by atoms with Crippen molar-refractivity contribution in [2.45, 2.75) is 44.3 Å². The van der Waals surface area contributed by atoms with Crippen molar-refractivity contribution < 1.29 is 14.3 Å². The molecule has 0 saturated heterocycles. The highest BCUT2D eigenvalue weighted by Gasteiger charge is 2.21. The molecule has 1 amide bonds. The molecule has 1 atom stereocenters. The largest absolute Gasteiger partial charge is 0.467 e. The van der Waals surface area contributed by atoms with Crippen LogP contribution in [0, 0.1) is 13.8 Å². The number of carbonyl (C=O) groups excluding carboxylic acids is 2. The molecule has 0 saturated carbocycles. The zero-order valence-corrected chi connectivity index (χ0v) is 16.5. The number of hydrogen-bond acceptors (Lipinski definition) is 7. The summed E-state index contributed by atoms with van der Waals surface area (Å²) in [7, 11) is 1.33. The van der Waals surface area contributed by atoms with E-state index in [-0.39, 0.29) is 12.3 Å². The second kappa shape index (κ2) is 10.6. The maximum absolute atomic E-state index is 12.2. The highest BCUT2D eigenvalue weighted by atomic mass is 32.2. The molecule has 1 aromatic heterocycles. The molecule has 0 aliphatic rings. The minimum Gasteiger partial charge on any atom is -0.467 e. The zero-order valence-electron chi connectivity index (χ0n) is 14.8. The summed E-state index contributed by atoms with van der Waals surface area (Å²) >= 11 is 3.12. The highest BCUT2D eigenvalue weighted by molar-refractivity contribution is 7.98. The summed E-state index contributed by atoms with van der Waals surface area (Å²) in [4.78, 5) is 32.8. The number of methoxy groups -OCH3 is 1. The third-order valence-corrected chi connectivity index (χ3v) is 4.81. The number of nitrogens with one attached hydrogen (secondary N) is 1. The van der Waals surface area contributed by atoms with Gasteiger partial charge in [0.2, 0.25) is 5.91 Å². The maximum atomic E-state index is 12.2. The van der Waals surface area contributed by atoms with E-state index in [1.807, 2.05) is 26.4 Å². The van der Waals surface area contributed by atoms with Crippen molar-refractivity contribution in [3.8, 4) is 0 Å². The Bertz CT molecular complexity index is 559. The van der Waals surface area contributed by atoms with Gasteiger partial charge in [0.1, 0.15) is 6.04 Å².